The van der Waals surface area contributed by atoms with Crippen LogP contribution in [-0.2, 0) is 4.79 Å². The number of para-hydroxylation sites is 1. The number of carbonyl (C=O) groups is 1. The van der Waals surface area contributed by atoms with Crippen LogP contribution in [0.5, 0.6) is 0 Å². The molecular formula is C22H25FN4OS2. The average molecular weight is 445 g/mol. The third-order valence-electron chi connectivity index (χ3n) is 5.09. The third-order valence-corrected chi connectivity index (χ3v) is 7.20. The monoisotopic (exact) mass is 444 g/mol. The van der Waals surface area contributed by atoms with Crippen LogP contribution in [0.15, 0.2) is 53.4 Å². The summed E-state index contributed by atoms with van der Waals surface area (Å²) in [5, 5.41) is 4.11. The first-order chi connectivity index (χ1) is 14.7. The summed E-state index contributed by atoms with van der Waals surface area (Å²) < 4.78 is 14.1. The van der Waals surface area contributed by atoms with Crippen LogP contribution >= 0.6 is 23.1 Å². The van der Waals surface area contributed by atoms with Gasteiger partial charge in [-0.3, -0.25) is 9.69 Å². The number of halogens is 1. The Balaban J connectivity index is 1.12. The fraction of sp³-hybridized carbons (Fsp3) is 0.364. The number of nitrogens with zero attached hydrogens (tertiary/aromatic N) is 3. The predicted molar refractivity (Wildman–Crippen MR) is 123 cm³/mol. The van der Waals surface area contributed by atoms with Crippen LogP contribution in [0.2, 0.25) is 0 Å². The van der Waals surface area contributed by atoms with Crippen molar-refractivity contribution in [1.29, 1.82) is 0 Å². The number of hydrogen-bond acceptors (Lipinski definition) is 6. The number of carbonyl (C=O) groups excluding carboxylic acids is 1. The van der Waals surface area contributed by atoms with E-state index in [0.717, 1.165) is 48.3 Å². The van der Waals surface area contributed by atoms with Gasteiger partial charge in [-0.15, -0.1) is 11.8 Å². The molecule has 8 heteroatoms. The topological polar surface area (TPSA) is 48.5 Å². The maximum Gasteiger partial charge on any atom is 0.220 e. The fourth-order valence-corrected chi connectivity index (χ4v) is 5.26. The Hall–Kier alpha value is -2.16. The Bertz CT molecular complexity index is 938. The van der Waals surface area contributed by atoms with Crippen LogP contribution < -0.4 is 10.2 Å². The van der Waals surface area contributed by atoms with E-state index in [2.05, 4.69) is 33.3 Å². The summed E-state index contributed by atoms with van der Waals surface area (Å²) in [6, 6.07) is 14.6. The lowest BCUT2D eigenvalue weighted by Crippen LogP contribution is -2.48. The Labute approximate surface area is 184 Å². The third kappa shape index (κ3) is 5.71. The SMILES string of the molecule is O=C(CCSc1ccc(F)cc1)NCCN1CCN(c2nc3ccccc3s2)CC1. The smallest absolute Gasteiger partial charge is 0.220 e. The highest BCUT2D eigenvalue weighted by molar-refractivity contribution is 7.99. The second-order valence-corrected chi connectivity index (χ2v) is 9.37. The van der Waals surface area contributed by atoms with Gasteiger partial charge < -0.3 is 10.2 Å². The highest BCUT2D eigenvalue weighted by Gasteiger charge is 2.19. The molecule has 1 amide bonds. The zero-order chi connectivity index (χ0) is 20.8. The summed E-state index contributed by atoms with van der Waals surface area (Å²) in [5.41, 5.74) is 1.07. The quantitative estimate of drug-likeness (QED) is 0.535. The number of thiazole rings is 1. The van der Waals surface area contributed by atoms with E-state index in [1.165, 1.54) is 16.8 Å². The summed E-state index contributed by atoms with van der Waals surface area (Å²) in [5.74, 6) is 0.522. The molecule has 0 spiro atoms. The van der Waals surface area contributed by atoms with Gasteiger partial charge >= 0.3 is 0 Å². The molecule has 2 heterocycles. The van der Waals surface area contributed by atoms with Gasteiger partial charge in [0.2, 0.25) is 5.91 Å². The number of hydrogen-bond donors (Lipinski definition) is 1. The molecule has 2 aromatic carbocycles. The summed E-state index contributed by atoms with van der Waals surface area (Å²) in [6.07, 6.45) is 0.466. The first kappa shape index (κ1) is 21.1. The van der Waals surface area contributed by atoms with E-state index in [-0.39, 0.29) is 11.7 Å². The molecule has 0 atom stereocenters. The number of benzene rings is 2. The molecule has 1 aliphatic rings. The van der Waals surface area contributed by atoms with Crippen molar-refractivity contribution in [3.8, 4) is 0 Å². The number of anilines is 1. The highest BCUT2D eigenvalue weighted by Crippen LogP contribution is 2.29. The maximum atomic E-state index is 12.9. The van der Waals surface area contributed by atoms with Gasteiger partial charge in [-0.1, -0.05) is 23.5 Å². The number of fused-ring (bicyclic) bond motifs is 1. The van der Waals surface area contributed by atoms with E-state index in [4.69, 9.17) is 4.98 Å². The van der Waals surface area contributed by atoms with Gasteiger partial charge in [-0.25, -0.2) is 9.37 Å². The molecule has 1 aliphatic heterocycles. The van der Waals surface area contributed by atoms with E-state index in [1.54, 1.807) is 35.2 Å². The van der Waals surface area contributed by atoms with Crippen LogP contribution in [-0.4, -0.2) is 60.8 Å². The van der Waals surface area contributed by atoms with Gasteiger partial charge in [-0.2, -0.15) is 0 Å². The number of piperazine rings is 1. The predicted octanol–water partition coefficient (Wildman–Crippen LogP) is 3.86. The molecule has 3 aromatic rings. The van der Waals surface area contributed by atoms with Crippen molar-refractivity contribution in [2.24, 2.45) is 0 Å². The first-order valence-electron chi connectivity index (χ1n) is 10.2. The maximum absolute atomic E-state index is 12.9. The van der Waals surface area contributed by atoms with Crippen LogP contribution in [0.3, 0.4) is 0 Å². The molecule has 0 saturated carbocycles. The Morgan fingerprint density at radius 3 is 2.63 bits per heavy atom. The molecular weight excluding hydrogens is 419 g/mol. The summed E-state index contributed by atoms with van der Waals surface area (Å²) in [7, 11) is 0. The minimum absolute atomic E-state index is 0.0673. The number of aromatic nitrogens is 1. The van der Waals surface area contributed by atoms with Gasteiger partial charge in [0.05, 0.1) is 10.2 Å². The lowest BCUT2D eigenvalue weighted by atomic mass is 10.3. The second-order valence-electron chi connectivity index (χ2n) is 7.20. The minimum atomic E-state index is -0.238. The Morgan fingerprint density at radius 1 is 1.10 bits per heavy atom. The van der Waals surface area contributed by atoms with Crippen molar-refractivity contribution in [2.45, 2.75) is 11.3 Å². The van der Waals surface area contributed by atoms with E-state index in [9.17, 15) is 9.18 Å². The minimum Gasteiger partial charge on any atom is -0.355 e. The summed E-state index contributed by atoms with van der Waals surface area (Å²) in [4.78, 5) is 22.5. The number of nitrogens with one attached hydrogen (secondary N) is 1. The number of amides is 1. The Morgan fingerprint density at radius 2 is 1.87 bits per heavy atom. The molecule has 1 fully saturated rings. The van der Waals surface area contributed by atoms with Gasteiger partial charge in [0.15, 0.2) is 5.13 Å². The van der Waals surface area contributed by atoms with Crippen molar-refractivity contribution in [2.75, 3.05) is 49.9 Å². The van der Waals surface area contributed by atoms with E-state index in [1.807, 2.05) is 6.07 Å². The van der Waals surface area contributed by atoms with Crippen molar-refractivity contribution in [1.82, 2.24) is 15.2 Å². The van der Waals surface area contributed by atoms with E-state index >= 15 is 0 Å². The van der Waals surface area contributed by atoms with Gasteiger partial charge in [-0.05, 0) is 36.4 Å². The number of thioether (sulfide) groups is 1. The lowest BCUT2D eigenvalue weighted by molar-refractivity contribution is -0.120. The molecule has 0 aliphatic carbocycles. The van der Waals surface area contributed by atoms with Crippen molar-refractivity contribution in [3.63, 3.8) is 0 Å². The highest BCUT2D eigenvalue weighted by atomic mass is 32.2. The molecule has 1 aromatic heterocycles. The zero-order valence-electron chi connectivity index (χ0n) is 16.7. The Kier molecular flexibility index (Phi) is 7.20. The normalized spacial score (nSPS) is 14.9. The van der Waals surface area contributed by atoms with E-state index < -0.39 is 0 Å². The van der Waals surface area contributed by atoms with Gasteiger partial charge in [0.25, 0.3) is 0 Å². The zero-order valence-corrected chi connectivity index (χ0v) is 18.4. The average Bonchev–Trinajstić information content (AvgIpc) is 3.20. The molecule has 0 bridgehead atoms. The van der Waals surface area contributed by atoms with Gasteiger partial charge in [0, 0.05) is 56.3 Å². The van der Waals surface area contributed by atoms with Crippen molar-refractivity contribution >= 4 is 44.4 Å². The van der Waals surface area contributed by atoms with Crippen molar-refractivity contribution < 1.29 is 9.18 Å². The molecule has 5 nitrogen and oxygen atoms in total. The molecule has 30 heavy (non-hydrogen) atoms. The molecule has 1 saturated heterocycles. The lowest BCUT2D eigenvalue weighted by Gasteiger charge is -2.34. The van der Waals surface area contributed by atoms with E-state index in [0.29, 0.717) is 18.7 Å². The fourth-order valence-electron chi connectivity index (χ4n) is 3.39. The van der Waals surface area contributed by atoms with Crippen molar-refractivity contribution in [3.05, 3.63) is 54.3 Å². The summed E-state index contributed by atoms with van der Waals surface area (Å²) in [6.45, 7) is 5.41. The molecule has 0 radical (unpaired) electrons. The molecule has 4 rings (SSSR count). The molecule has 0 unspecified atom stereocenters. The summed E-state index contributed by atoms with van der Waals surface area (Å²) >= 11 is 3.32. The molecule has 158 valence electrons. The standard InChI is InChI=1S/C22H25FN4OS2/c23-17-5-7-18(8-6-17)29-16-9-21(28)24-10-11-26-12-14-27(15-13-26)22-25-19-3-1-2-4-20(19)30-22/h1-8H,9-16H2,(H,24,28). The van der Waals surface area contributed by atoms with Crippen LogP contribution in [0.1, 0.15) is 6.42 Å². The van der Waals surface area contributed by atoms with Gasteiger partial charge in [0.1, 0.15) is 5.82 Å². The number of rotatable bonds is 8. The van der Waals surface area contributed by atoms with Crippen LogP contribution in [0, 0.1) is 5.82 Å². The molecule has 1 N–H and O–H groups in total. The second kappa shape index (κ2) is 10.2. The first-order valence-corrected chi connectivity index (χ1v) is 12.0. The van der Waals surface area contributed by atoms with Crippen LogP contribution in [0.25, 0.3) is 10.2 Å². The largest absolute Gasteiger partial charge is 0.355 e. The van der Waals surface area contributed by atoms with Crippen LogP contribution in [0.4, 0.5) is 9.52 Å².